The van der Waals surface area contributed by atoms with Gasteiger partial charge < -0.3 is 16.0 Å². The molecule has 1 atom stereocenters. The molecule has 150 valence electrons. The average Bonchev–Trinajstić information content (AvgIpc) is 3.19. The molecule has 1 heterocycles. The average molecular weight is 402 g/mol. The topological polar surface area (TPSA) is 87.3 Å². The van der Waals surface area contributed by atoms with Crippen LogP contribution in [0.15, 0.2) is 41.8 Å². The molecule has 3 amide bonds. The molecular formula is C21H27N3O3S. The number of benzene rings is 1. The molecule has 3 N–H and O–H groups in total. The SMILES string of the molecule is CC(C)Cc1ccc([C@@H](C)NC(=O)CNC(=O)CNC(=O)c2cccs2)cc1. The molecule has 0 saturated carbocycles. The monoisotopic (exact) mass is 401 g/mol. The van der Waals surface area contributed by atoms with E-state index in [4.69, 9.17) is 0 Å². The molecule has 0 bridgehead atoms. The number of carbonyl (C=O) groups is 3. The van der Waals surface area contributed by atoms with Gasteiger partial charge >= 0.3 is 0 Å². The molecule has 1 aromatic heterocycles. The van der Waals surface area contributed by atoms with Crippen LogP contribution in [-0.2, 0) is 16.0 Å². The third kappa shape index (κ3) is 7.15. The third-order valence-electron chi connectivity index (χ3n) is 4.10. The summed E-state index contributed by atoms with van der Waals surface area (Å²) in [5.74, 6) is -0.395. The number of thiophene rings is 1. The van der Waals surface area contributed by atoms with Crippen LogP contribution in [0, 0.1) is 5.92 Å². The van der Waals surface area contributed by atoms with Gasteiger partial charge in [-0.3, -0.25) is 14.4 Å². The molecular weight excluding hydrogens is 374 g/mol. The van der Waals surface area contributed by atoms with Crippen LogP contribution in [0.2, 0.25) is 0 Å². The fraction of sp³-hybridized carbons (Fsp3) is 0.381. The van der Waals surface area contributed by atoms with Gasteiger partial charge in [0.25, 0.3) is 5.91 Å². The predicted octanol–water partition coefficient (Wildman–Crippen LogP) is 2.67. The molecule has 1 aromatic carbocycles. The molecule has 2 rings (SSSR count). The summed E-state index contributed by atoms with van der Waals surface area (Å²) in [7, 11) is 0. The van der Waals surface area contributed by atoms with Crippen LogP contribution in [0.4, 0.5) is 0 Å². The number of amides is 3. The van der Waals surface area contributed by atoms with Crippen molar-refractivity contribution in [3.05, 3.63) is 57.8 Å². The Kier molecular flexibility index (Phi) is 8.19. The number of hydrogen-bond donors (Lipinski definition) is 3. The lowest BCUT2D eigenvalue weighted by Gasteiger charge is -2.15. The van der Waals surface area contributed by atoms with E-state index in [9.17, 15) is 14.4 Å². The first-order chi connectivity index (χ1) is 13.3. The van der Waals surface area contributed by atoms with E-state index in [1.807, 2.05) is 19.1 Å². The molecule has 7 heteroatoms. The molecule has 2 aromatic rings. The summed E-state index contributed by atoms with van der Waals surface area (Å²) in [6.45, 7) is 5.95. The Bertz CT molecular complexity index is 786. The second-order valence-corrected chi connectivity index (χ2v) is 8.01. The Hall–Kier alpha value is -2.67. The van der Waals surface area contributed by atoms with Crippen LogP contribution in [0.5, 0.6) is 0 Å². The first kappa shape index (κ1) is 21.6. The van der Waals surface area contributed by atoms with E-state index in [1.54, 1.807) is 17.5 Å². The maximum absolute atomic E-state index is 12.1. The smallest absolute Gasteiger partial charge is 0.261 e. The van der Waals surface area contributed by atoms with Crippen LogP contribution >= 0.6 is 11.3 Å². The van der Waals surface area contributed by atoms with Crippen molar-refractivity contribution < 1.29 is 14.4 Å². The summed E-state index contributed by atoms with van der Waals surface area (Å²) in [5.41, 5.74) is 2.28. The molecule has 0 unspecified atom stereocenters. The van der Waals surface area contributed by atoms with Gasteiger partial charge in [-0.2, -0.15) is 0 Å². The van der Waals surface area contributed by atoms with E-state index in [-0.39, 0.29) is 30.9 Å². The summed E-state index contributed by atoms with van der Waals surface area (Å²) in [4.78, 5) is 36.2. The van der Waals surface area contributed by atoms with E-state index >= 15 is 0 Å². The minimum absolute atomic E-state index is 0.135. The van der Waals surface area contributed by atoms with Gasteiger partial charge in [-0.25, -0.2) is 0 Å². The number of carbonyl (C=O) groups excluding carboxylic acids is 3. The van der Waals surface area contributed by atoms with Crippen molar-refractivity contribution in [1.29, 1.82) is 0 Å². The minimum atomic E-state index is -0.411. The maximum atomic E-state index is 12.1. The van der Waals surface area contributed by atoms with Crippen molar-refractivity contribution in [2.45, 2.75) is 33.2 Å². The molecule has 0 spiro atoms. The summed E-state index contributed by atoms with van der Waals surface area (Å²) < 4.78 is 0. The summed E-state index contributed by atoms with van der Waals surface area (Å²) in [6, 6.07) is 11.5. The second kappa shape index (κ2) is 10.6. The highest BCUT2D eigenvalue weighted by atomic mass is 32.1. The Morgan fingerprint density at radius 1 is 0.929 bits per heavy atom. The van der Waals surface area contributed by atoms with Gasteiger partial charge in [0.2, 0.25) is 11.8 Å². The summed E-state index contributed by atoms with van der Waals surface area (Å²) in [5, 5.41) is 9.68. The van der Waals surface area contributed by atoms with Gasteiger partial charge in [0, 0.05) is 0 Å². The first-order valence-corrected chi connectivity index (χ1v) is 10.2. The predicted molar refractivity (Wildman–Crippen MR) is 111 cm³/mol. The largest absolute Gasteiger partial charge is 0.348 e. The summed E-state index contributed by atoms with van der Waals surface area (Å²) >= 11 is 1.30. The fourth-order valence-electron chi connectivity index (χ4n) is 2.69. The molecule has 0 aliphatic rings. The summed E-state index contributed by atoms with van der Waals surface area (Å²) in [6.07, 6.45) is 1.02. The van der Waals surface area contributed by atoms with Gasteiger partial charge in [0.05, 0.1) is 24.0 Å². The van der Waals surface area contributed by atoms with Crippen molar-refractivity contribution in [2.24, 2.45) is 5.92 Å². The Labute approximate surface area is 169 Å². The zero-order chi connectivity index (χ0) is 20.5. The number of rotatable bonds is 9. The Morgan fingerprint density at radius 3 is 2.21 bits per heavy atom. The van der Waals surface area contributed by atoms with Crippen molar-refractivity contribution in [1.82, 2.24) is 16.0 Å². The maximum Gasteiger partial charge on any atom is 0.261 e. The number of nitrogens with one attached hydrogen (secondary N) is 3. The fourth-order valence-corrected chi connectivity index (χ4v) is 3.33. The van der Waals surface area contributed by atoms with Crippen molar-refractivity contribution in [3.63, 3.8) is 0 Å². The molecule has 0 aliphatic heterocycles. The Morgan fingerprint density at radius 2 is 1.61 bits per heavy atom. The lowest BCUT2D eigenvalue weighted by molar-refractivity contribution is -0.125. The Balaban J connectivity index is 1.71. The van der Waals surface area contributed by atoms with Crippen LogP contribution in [-0.4, -0.2) is 30.8 Å². The lowest BCUT2D eigenvalue weighted by Crippen LogP contribution is -2.42. The highest BCUT2D eigenvalue weighted by Crippen LogP contribution is 2.15. The van der Waals surface area contributed by atoms with Gasteiger partial charge in [-0.05, 0) is 41.8 Å². The van der Waals surface area contributed by atoms with Crippen LogP contribution in [0.3, 0.4) is 0 Å². The zero-order valence-electron chi connectivity index (χ0n) is 16.5. The quantitative estimate of drug-likeness (QED) is 0.604. The first-order valence-electron chi connectivity index (χ1n) is 9.31. The van der Waals surface area contributed by atoms with Gasteiger partial charge in [-0.1, -0.05) is 44.2 Å². The van der Waals surface area contributed by atoms with Gasteiger partial charge in [-0.15, -0.1) is 11.3 Å². The molecule has 0 aliphatic carbocycles. The normalized spacial score (nSPS) is 11.7. The minimum Gasteiger partial charge on any atom is -0.348 e. The van der Waals surface area contributed by atoms with E-state index in [2.05, 4.69) is 41.9 Å². The molecule has 0 fully saturated rings. The van der Waals surface area contributed by atoms with Crippen molar-refractivity contribution >= 4 is 29.1 Å². The van der Waals surface area contributed by atoms with Gasteiger partial charge in [0.1, 0.15) is 0 Å². The highest BCUT2D eigenvalue weighted by molar-refractivity contribution is 7.12. The van der Waals surface area contributed by atoms with Gasteiger partial charge in [0.15, 0.2) is 0 Å². The van der Waals surface area contributed by atoms with Crippen LogP contribution in [0.25, 0.3) is 0 Å². The van der Waals surface area contributed by atoms with Crippen molar-refractivity contribution in [3.8, 4) is 0 Å². The van der Waals surface area contributed by atoms with Crippen LogP contribution < -0.4 is 16.0 Å². The van der Waals surface area contributed by atoms with E-state index in [1.165, 1.54) is 16.9 Å². The van der Waals surface area contributed by atoms with E-state index in [0.717, 1.165) is 12.0 Å². The number of hydrogen-bond acceptors (Lipinski definition) is 4. The van der Waals surface area contributed by atoms with Crippen LogP contribution in [0.1, 0.15) is 47.6 Å². The molecule has 6 nitrogen and oxygen atoms in total. The molecule has 28 heavy (non-hydrogen) atoms. The molecule has 0 saturated heterocycles. The van der Waals surface area contributed by atoms with E-state index < -0.39 is 5.91 Å². The second-order valence-electron chi connectivity index (χ2n) is 7.07. The standard InChI is InChI=1S/C21H27N3O3S/c1-14(2)11-16-6-8-17(9-7-16)15(3)24-20(26)13-22-19(25)12-23-21(27)18-5-4-10-28-18/h4-10,14-15H,11-13H2,1-3H3,(H,22,25)(H,23,27)(H,24,26)/t15-/m1/s1. The molecule has 0 radical (unpaired) electrons. The third-order valence-corrected chi connectivity index (χ3v) is 4.97. The van der Waals surface area contributed by atoms with Crippen molar-refractivity contribution in [2.75, 3.05) is 13.1 Å². The lowest BCUT2D eigenvalue weighted by atomic mass is 10.00. The zero-order valence-corrected chi connectivity index (χ0v) is 17.3. The highest BCUT2D eigenvalue weighted by Gasteiger charge is 2.12. The van der Waals surface area contributed by atoms with E-state index in [0.29, 0.717) is 10.8 Å².